The van der Waals surface area contributed by atoms with Gasteiger partial charge in [-0.15, -0.1) is 11.3 Å². The lowest BCUT2D eigenvalue weighted by atomic mass is 10.2. The van der Waals surface area contributed by atoms with Crippen molar-refractivity contribution in [2.24, 2.45) is 0 Å². The first-order chi connectivity index (χ1) is 17.3. The summed E-state index contributed by atoms with van der Waals surface area (Å²) < 4.78 is 62.7. The van der Waals surface area contributed by atoms with Gasteiger partial charge in [-0.3, -0.25) is 0 Å². The minimum atomic E-state index is -4.53. The molecule has 4 heterocycles. The fourth-order valence-electron chi connectivity index (χ4n) is 4.14. The third-order valence-corrected chi connectivity index (χ3v) is 7.00. The van der Waals surface area contributed by atoms with Crippen LogP contribution in [-0.2, 0) is 12.7 Å². The fourth-order valence-corrected chi connectivity index (χ4v) is 5.29. The van der Waals surface area contributed by atoms with Crippen LogP contribution in [0.5, 0.6) is 5.75 Å². The number of hydrogen-bond acceptors (Lipinski definition) is 9. The van der Waals surface area contributed by atoms with Crippen LogP contribution in [0.25, 0.3) is 21.5 Å². The average Bonchev–Trinajstić information content (AvgIpc) is 3.58. The molecular weight excluding hydrogens is 500 g/mol. The number of halogens is 4. The Kier molecular flexibility index (Phi) is 6.53. The van der Waals surface area contributed by atoms with Crippen LogP contribution in [-0.4, -0.2) is 28.2 Å². The number of hydrazine groups is 3. The molecule has 1 aromatic carbocycles. The second-order valence-electron chi connectivity index (χ2n) is 8.02. The number of rotatable bonds is 7. The average molecular weight is 523 g/mol. The summed E-state index contributed by atoms with van der Waals surface area (Å²) in [5, 5.41) is 3.84. The quantitative estimate of drug-likeness (QED) is 0.234. The van der Waals surface area contributed by atoms with Crippen molar-refractivity contribution in [2.45, 2.75) is 25.8 Å². The molecule has 0 aliphatic carbocycles. The number of thiophene rings is 1. The van der Waals surface area contributed by atoms with E-state index < -0.39 is 17.9 Å². The molecule has 5 N–H and O–H groups in total. The van der Waals surface area contributed by atoms with E-state index in [0.717, 1.165) is 23.1 Å². The van der Waals surface area contributed by atoms with Gasteiger partial charge in [0.2, 0.25) is 0 Å². The van der Waals surface area contributed by atoms with E-state index in [1.54, 1.807) is 12.1 Å². The van der Waals surface area contributed by atoms with Crippen LogP contribution in [0.3, 0.4) is 0 Å². The molecule has 0 bridgehead atoms. The number of aryl methyl sites for hydroxylation is 1. The van der Waals surface area contributed by atoms with Gasteiger partial charge < -0.3 is 14.6 Å². The Balaban J connectivity index is 1.36. The third kappa shape index (κ3) is 4.60. The van der Waals surface area contributed by atoms with Gasteiger partial charge in [0, 0.05) is 30.2 Å². The number of hydrogen-bond donors (Lipinski definition) is 5. The molecule has 5 rings (SSSR count). The lowest BCUT2D eigenvalue weighted by Gasteiger charge is -2.11. The van der Waals surface area contributed by atoms with Crippen LogP contribution < -0.4 is 32.0 Å². The molecule has 9 nitrogen and oxygen atoms in total. The molecule has 0 spiro atoms. The van der Waals surface area contributed by atoms with Crippen molar-refractivity contribution in [1.82, 2.24) is 36.5 Å². The lowest BCUT2D eigenvalue weighted by Crippen LogP contribution is -2.33. The summed E-state index contributed by atoms with van der Waals surface area (Å²) in [6.45, 7) is 2.71. The molecule has 0 radical (unpaired) electrons. The summed E-state index contributed by atoms with van der Waals surface area (Å²) in [5.74, 6) is 0.676. The SMILES string of the molecule is COc1ccc(F)c2c1cc(C)n2CCNc1cc(-c2cc(C(F)(F)F)c(C3NNNN3)s2)ncn1. The maximum Gasteiger partial charge on any atom is 0.417 e. The van der Waals surface area contributed by atoms with E-state index in [1.807, 2.05) is 17.6 Å². The molecule has 4 aromatic rings. The van der Waals surface area contributed by atoms with Crippen LogP contribution in [0.4, 0.5) is 23.4 Å². The van der Waals surface area contributed by atoms with Crippen LogP contribution in [0.1, 0.15) is 22.3 Å². The standard InChI is InChI=1S/C22H22F4N8OS/c1-11-7-12-16(35-2)4-3-14(23)19(12)34(11)6-5-27-18-9-15(28-10-29-18)17-8-13(22(24,25)26)20(36-17)21-30-32-33-31-21/h3-4,7-10,21,30-33H,5-6H2,1-2H3,(H,27,28,29). The number of nitrogens with one attached hydrogen (secondary N) is 5. The number of nitrogens with zero attached hydrogens (tertiary/aromatic N) is 3. The Bertz CT molecular complexity index is 1400. The summed E-state index contributed by atoms with van der Waals surface area (Å²) in [6.07, 6.45) is -4.00. The highest BCUT2D eigenvalue weighted by atomic mass is 32.1. The first kappa shape index (κ1) is 24.4. The van der Waals surface area contributed by atoms with Crippen molar-refractivity contribution in [2.75, 3.05) is 19.0 Å². The van der Waals surface area contributed by atoms with Gasteiger partial charge in [0.15, 0.2) is 0 Å². The molecule has 1 saturated heterocycles. The van der Waals surface area contributed by atoms with Gasteiger partial charge in [-0.05, 0) is 31.2 Å². The van der Waals surface area contributed by atoms with E-state index in [1.165, 1.54) is 19.5 Å². The van der Waals surface area contributed by atoms with E-state index >= 15 is 0 Å². The van der Waals surface area contributed by atoms with Gasteiger partial charge in [0.1, 0.15) is 29.9 Å². The van der Waals surface area contributed by atoms with Crippen molar-refractivity contribution in [3.8, 4) is 16.3 Å². The molecule has 3 aromatic heterocycles. The molecule has 36 heavy (non-hydrogen) atoms. The van der Waals surface area contributed by atoms with Crippen molar-refractivity contribution < 1.29 is 22.3 Å². The molecular formula is C22H22F4N8OS. The molecule has 190 valence electrons. The number of anilines is 1. The zero-order chi connectivity index (χ0) is 25.4. The van der Waals surface area contributed by atoms with Gasteiger partial charge in [-0.1, -0.05) is 0 Å². The first-order valence-electron chi connectivity index (χ1n) is 10.9. The minimum absolute atomic E-state index is 0.0653. The Morgan fingerprint density at radius 2 is 1.92 bits per heavy atom. The topological polar surface area (TPSA) is 100 Å². The second kappa shape index (κ2) is 9.63. The predicted octanol–water partition coefficient (Wildman–Crippen LogP) is 3.86. The molecule has 0 unspecified atom stereocenters. The maximum atomic E-state index is 14.6. The normalized spacial score (nSPS) is 14.6. The highest BCUT2D eigenvalue weighted by Gasteiger charge is 2.38. The summed E-state index contributed by atoms with van der Waals surface area (Å²) in [7, 11) is 1.54. The Labute approximate surface area is 206 Å². The Hall–Kier alpha value is -3.30. The summed E-state index contributed by atoms with van der Waals surface area (Å²) >= 11 is 0.975. The summed E-state index contributed by atoms with van der Waals surface area (Å²) in [4.78, 5) is 8.76. The molecule has 1 aliphatic rings. The van der Waals surface area contributed by atoms with E-state index in [9.17, 15) is 17.6 Å². The molecule has 14 heteroatoms. The van der Waals surface area contributed by atoms with E-state index in [0.29, 0.717) is 46.1 Å². The number of benzene rings is 1. The van der Waals surface area contributed by atoms with Crippen LogP contribution in [0.15, 0.2) is 36.7 Å². The highest BCUT2D eigenvalue weighted by Crippen LogP contribution is 2.42. The Morgan fingerprint density at radius 1 is 1.14 bits per heavy atom. The van der Waals surface area contributed by atoms with Gasteiger partial charge in [-0.2, -0.15) is 24.2 Å². The van der Waals surface area contributed by atoms with Gasteiger partial charge in [-0.25, -0.2) is 25.2 Å². The molecule has 0 amide bonds. The molecule has 0 saturated carbocycles. The highest BCUT2D eigenvalue weighted by molar-refractivity contribution is 7.15. The van der Waals surface area contributed by atoms with Crippen molar-refractivity contribution in [1.29, 1.82) is 0 Å². The molecule has 1 fully saturated rings. The number of methoxy groups -OCH3 is 1. The zero-order valence-electron chi connectivity index (χ0n) is 19.1. The van der Waals surface area contributed by atoms with Crippen LogP contribution >= 0.6 is 11.3 Å². The molecule has 1 aliphatic heterocycles. The number of aromatic nitrogens is 3. The fraction of sp³-hybridized carbons (Fsp3) is 0.273. The zero-order valence-corrected chi connectivity index (χ0v) is 19.9. The van der Waals surface area contributed by atoms with Crippen LogP contribution in [0, 0.1) is 12.7 Å². The second-order valence-corrected chi connectivity index (χ2v) is 9.11. The number of alkyl halides is 3. The summed E-state index contributed by atoms with van der Waals surface area (Å²) in [5.41, 5.74) is 11.3. The number of fused-ring (bicyclic) bond motifs is 1. The van der Waals surface area contributed by atoms with E-state index in [2.05, 4.69) is 37.2 Å². The number of ether oxygens (including phenoxy) is 1. The third-order valence-electron chi connectivity index (χ3n) is 5.78. The Morgan fingerprint density at radius 3 is 2.64 bits per heavy atom. The van der Waals surface area contributed by atoms with Gasteiger partial charge >= 0.3 is 6.18 Å². The van der Waals surface area contributed by atoms with Gasteiger partial charge in [0.25, 0.3) is 0 Å². The minimum Gasteiger partial charge on any atom is -0.496 e. The van der Waals surface area contributed by atoms with Gasteiger partial charge in [0.05, 0.1) is 33.6 Å². The maximum absolute atomic E-state index is 14.6. The summed E-state index contributed by atoms with van der Waals surface area (Å²) in [6, 6.07) is 7.50. The van der Waals surface area contributed by atoms with Crippen molar-refractivity contribution in [3.05, 3.63) is 58.6 Å². The van der Waals surface area contributed by atoms with Crippen LogP contribution in [0.2, 0.25) is 0 Å². The predicted molar refractivity (Wildman–Crippen MR) is 127 cm³/mol. The lowest BCUT2D eigenvalue weighted by molar-refractivity contribution is -0.138. The smallest absolute Gasteiger partial charge is 0.417 e. The van der Waals surface area contributed by atoms with Crippen molar-refractivity contribution >= 4 is 28.1 Å². The monoisotopic (exact) mass is 522 g/mol. The molecule has 0 atom stereocenters. The first-order valence-corrected chi connectivity index (χ1v) is 11.7. The largest absolute Gasteiger partial charge is 0.496 e. The van der Waals surface area contributed by atoms with E-state index in [-0.39, 0.29) is 10.7 Å². The van der Waals surface area contributed by atoms with E-state index in [4.69, 9.17) is 4.74 Å². The van der Waals surface area contributed by atoms with Crippen molar-refractivity contribution in [3.63, 3.8) is 0 Å².